The summed E-state index contributed by atoms with van der Waals surface area (Å²) >= 11 is 4.14. The summed E-state index contributed by atoms with van der Waals surface area (Å²) < 4.78 is 11.1. The molecule has 4 atom stereocenters. The van der Waals surface area contributed by atoms with Gasteiger partial charge in [0, 0.05) is 21.3 Å². The van der Waals surface area contributed by atoms with E-state index in [4.69, 9.17) is 9.47 Å². The Bertz CT molecular complexity index is 543. The zero-order valence-corrected chi connectivity index (χ0v) is 11.9. The highest BCUT2D eigenvalue weighted by Crippen LogP contribution is 2.74. The number of methoxy groups -OCH3 is 2. The van der Waals surface area contributed by atoms with E-state index >= 15 is 0 Å². The van der Waals surface area contributed by atoms with Crippen molar-refractivity contribution in [1.82, 2.24) is 0 Å². The van der Waals surface area contributed by atoms with Crippen LogP contribution in [0, 0.1) is 0 Å². The largest absolute Gasteiger partial charge is 0.493 e. The molecular formula is C14H14O2S2. The van der Waals surface area contributed by atoms with E-state index in [-0.39, 0.29) is 4.75 Å². The molecule has 94 valence electrons. The molecule has 0 radical (unpaired) electrons. The van der Waals surface area contributed by atoms with E-state index in [1.807, 2.05) is 6.07 Å². The smallest absolute Gasteiger partial charge is 0.165 e. The first kappa shape index (κ1) is 11.1. The molecule has 4 unspecified atom stereocenters. The van der Waals surface area contributed by atoms with Crippen molar-refractivity contribution in [3.05, 3.63) is 35.9 Å². The number of fused-ring (bicyclic) bond motifs is 3. The minimum absolute atomic E-state index is 0.143. The Morgan fingerprint density at radius 2 is 2.11 bits per heavy atom. The van der Waals surface area contributed by atoms with Crippen molar-refractivity contribution in [2.75, 3.05) is 14.2 Å². The summed E-state index contributed by atoms with van der Waals surface area (Å²) in [7, 11) is 3.42. The number of thioether (sulfide) groups is 2. The van der Waals surface area contributed by atoms with Crippen LogP contribution in [0.4, 0.5) is 0 Å². The quantitative estimate of drug-likeness (QED) is 0.624. The van der Waals surface area contributed by atoms with Crippen LogP contribution in [0.2, 0.25) is 0 Å². The zero-order chi connectivity index (χ0) is 12.3. The van der Waals surface area contributed by atoms with Crippen LogP contribution < -0.4 is 9.47 Å². The van der Waals surface area contributed by atoms with Gasteiger partial charge in [0.2, 0.25) is 0 Å². The van der Waals surface area contributed by atoms with E-state index in [2.05, 4.69) is 47.8 Å². The summed E-state index contributed by atoms with van der Waals surface area (Å²) in [5.74, 6) is 1.72. The predicted octanol–water partition coefficient (Wildman–Crippen LogP) is 3.07. The molecule has 4 rings (SSSR count). The predicted molar refractivity (Wildman–Crippen MR) is 76.9 cm³/mol. The highest BCUT2D eigenvalue weighted by atomic mass is 32.2. The molecule has 2 saturated heterocycles. The molecule has 2 nitrogen and oxygen atoms in total. The first-order chi connectivity index (χ1) is 8.80. The molecule has 2 heterocycles. The van der Waals surface area contributed by atoms with E-state index in [1.165, 1.54) is 5.56 Å². The fraction of sp³-hybridized carbons (Fsp3) is 0.429. The van der Waals surface area contributed by atoms with Gasteiger partial charge in [-0.1, -0.05) is 24.3 Å². The van der Waals surface area contributed by atoms with Gasteiger partial charge < -0.3 is 9.47 Å². The summed E-state index contributed by atoms with van der Waals surface area (Å²) in [4.78, 5) is 0. The Kier molecular flexibility index (Phi) is 2.25. The van der Waals surface area contributed by atoms with Crippen molar-refractivity contribution in [3.63, 3.8) is 0 Å². The number of rotatable bonds is 3. The zero-order valence-electron chi connectivity index (χ0n) is 10.3. The maximum atomic E-state index is 5.58. The third-order valence-electron chi connectivity index (χ3n) is 3.90. The van der Waals surface area contributed by atoms with Gasteiger partial charge >= 0.3 is 0 Å². The molecular weight excluding hydrogens is 264 g/mol. The van der Waals surface area contributed by atoms with Crippen LogP contribution in [0.1, 0.15) is 5.56 Å². The lowest BCUT2D eigenvalue weighted by atomic mass is 9.88. The van der Waals surface area contributed by atoms with Crippen LogP contribution in [0.15, 0.2) is 30.4 Å². The third kappa shape index (κ3) is 1.33. The Balaban J connectivity index is 1.82. The molecule has 0 spiro atoms. The fourth-order valence-electron chi connectivity index (χ4n) is 2.90. The first-order valence-electron chi connectivity index (χ1n) is 6.04. The van der Waals surface area contributed by atoms with E-state index in [1.54, 1.807) is 14.2 Å². The molecule has 1 aromatic rings. The first-order valence-corrected chi connectivity index (χ1v) is 7.86. The molecule has 1 aliphatic carbocycles. The van der Waals surface area contributed by atoms with Crippen molar-refractivity contribution in [2.24, 2.45) is 0 Å². The van der Waals surface area contributed by atoms with Crippen LogP contribution >= 0.6 is 23.5 Å². The molecule has 4 heteroatoms. The minimum atomic E-state index is 0.143. The van der Waals surface area contributed by atoms with Crippen LogP contribution in [-0.2, 0) is 4.75 Å². The average Bonchev–Trinajstić information content (AvgIpc) is 3.26. The molecule has 0 N–H and O–H groups in total. The number of para-hydroxylation sites is 1. The van der Waals surface area contributed by atoms with Gasteiger partial charge in [0.05, 0.1) is 19.0 Å². The molecule has 0 aromatic heterocycles. The number of ether oxygens (including phenoxy) is 2. The molecule has 18 heavy (non-hydrogen) atoms. The van der Waals surface area contributed by atoms with Gasteiger partial charge in [-0.05, 0) is 6.07 Å². The topological polar surface area (TPSA) is 18.5 Å². The highest BCUT2D eigenvalue weighted by Gasteiger charge is 2.67. The van der Waals surface area contributed by atoms with Crippen LogP contribution in [0.5, 0.6) is 11.5 Å². The van der Waals surface area contributed by atoms with Crippen molar-refractivity contribution in [1.29, 1.82) is 0 Å². The van der Waals surface area contributed by atoms with Crippen LogP contribution in [-0.4, -0.2) is 30.0 Å². The van der Waals surface area contributed by atoms with Crippen molar-refractivity contribution in [2.45, 2.75) is 20.5 Å². The minimum Gasteiger partial charge on any atom is -0.493 e. The van der Waals surface area contributed by atoms with Gasteiger partial charge in [0.15, 0.2) is 11.5 Å². The Labute approximate surface area is 115 Å². The molecule has 2 fully saturated rings. The fourth-order valence-corrected chi connectivity index (χ4v) is 5.94. The maximum absolute atomic E-state index is 5.58. The molecule has 0 bridgehead atoms. The van der Waals surface area contributed by atoms with Crippen LogP contribution in [0.25, 0.3) is 0 Å². The summed E-state index contributed by atoms with van der Waals surface area (Å²) in [5.41, 5.74) is 1.27. The van der Waals surface area contributed by atoms with Gasteiger partial charge in [-0.2, -0.15) is 0 Å². The van der Waals surface area contributed by atoms with E-state index < -0.39 is 0 Å². The molecule has 2 aliphatic heterocycles. The molecule has 1 aromatic carbocycles. The second kappa shape index (κ2) is 3.64. The van der Waals surface area contributed by atoms with E-state index in [0.29, 0.717) is 0 Å². The Morgan fingerprint density at radius 3 is 2.89 bits per heavy atom. The Hall–Kier alpha value is -0.740. The SMILES string of the molecule is COc1cccc(C23C=CC4SC4C2S3)c1OC. The molecule has 0 amide bonds. The second-order valence-corrected chi connectivity index (χ2v) is 7.58. The summed E-state index contributed by atoms with van der Waals surface area (Å²) in [5, 5.41) is 2.31. The van der Waals surface area contributed by atoms with Crippen molar-refractivity contribution < 1.29 is 9.47 Å². The van der Waals surface area contributed by atoms with Gasteiger partial charge in [0.25, 0.3) is 0 Å². The monoisotopic (exact) mass is 278 g/mol. The van der Waals surface area contributed by atoms with Gasteiger partial charge in [-0.3, -0.25) is 0 Å². The van der Waals surface area contributed by atoms with Gasteiger partial charge in [-0.25, -0.2) is 0 Å². The van der Waals surface area contributed by atoms with Crippen LogP contribution in [0.3, 0.4) is 0 Å². The number of hydrogen-bond donors (Lipinski definition) is 0. The number of benzene rings is 1. The Morgan fingerprint density at radius 1 is 1.22 bits per heavy atom. The summed E-state index contributed by atoms with van der Waals surface area (Å²) in [6.45, 7) is 0. The lowest BCUT2D eigenvalue weighted by molar-refractivity contribution is 0.350. The van der Waals surface area contributed by atoms with Crippen molar-refractivity contribution in [3.8, 4) is 11.5 Å². The number of hydrogen-bond acceptors (Lipinski definition) is 4. The third-order valence-corrected chi connectivity index (χ3v) is 7.07. The highest BCUT2D eigenvalue weighted by molar-refractivity contribution is 8.13. The lowest BCUT2D eigenvalue weighted by Crippen LogP contribution is -2.19. The molecule has 0 saturated carbocycles. The average molecular weight is 278 g/mol. The second-order valence-electron chi connectivity index (χ2n) is 4.80. The maximum Gasteiger partial charge on any atom is 0.165 e. The summed E-state index contributed by atoms with van der Waals surface area (Å²) in [6, 6.07) is 6.19. The van der Waals surface area contributed by atoms with Crippen molar-refractivity contribution >= 4 is 23.5 Å². The lowest BCUT2D eigenvalue weighted by Gasteiger charge is -2.19. The van der Waals surface area contributed by atoms with E-state index in [0.717, 1.165) is 27.2 Å². The molecule has 3 aliphatic rings. The standard InChI is InChI=1S/C14H14O2S2/c1-15-9-5-3-4-8(11(9)16-2)14-7-6-10-12(17-10)13(14)18-14/h3-7,10,12-13H,1-2H3. The van der Waals surface area contributed by atoms with Gasteiger partial charge in [0.1, 0.15) is 0 Å². The summed E-state index contributed by atoms with van der Waals surface area (Å²) in [6.07, 6.45) is 4.74. The van der Waals surface area contributed by atoms with E-state index in [9.17, 15) is 0 Å². The van der Waals surface area contributed by atoms with Gasteiger partial charge in [-0.15, -0.1) is 23.5 Å². The normalized spacial score (nSPS) is 38.7.